The Hall–Kier alpha value is -0.0800. The molecule has 11 heavy (non-hydrogen) atoms. The maximum atomic E-state index is 9.37. The second-order valence-electron chi connectivity index (χ2n) is 4.13. The van der Waals surface area contributed by atoms with Crippen LogP contribution in [0.25, 0.3) is 0 Å². The van der Waals surface area contributed by atoms with Crippen LogP contribution in [0, 0.1) is 11.3 Å². The molecule has 2 aliphatic carbocycles. The van der Waals surface area contributed by atoms with Crippen molar-refractivity contribution >= 4 is 0 Å². The number of hydrogen-bond donors (Lipinski definition) is 2. The van der Waals surface area contributed by atoms with Gasteiger partial charge in [0.15, 0.2) is 0 Å². The van der Waals surface area contributed by atoms with E-state index < -0.39 is 6.10 Å². The first kappa shape index (κ1) is 7.56. The Bertz CT molecular complexity index is 150. The van der Waals surface area contributed by atoms with Crippen LogP contribution in [0.5, 0.6) is 0 Å². The van der Waals surface area contributed by atoms with E-state index in [1.54, 1.807) is 0 Å². The van der Waals surface area contributed by atoms with Crippen molar-refractivity contribution in [2.75, 3.05) is 6.61 Å². The minimum absolute atomic E-state index is 0.0492. The van der Waals surface area contributed by atoms with E-state index in [1.165, 1.54) is 25.7 Å². The number of aliphatic hydroxyl groups is 2. The van der Waals surface area contributed by atoms with Crippen LogP contribution in [0.15, 0.2) is 0 Å². The van der Waals surface area contributed by atoms with Gasteiger partial charge in [-0.05, 0) is 30.6 Å². The van der Waals surface area contributed by atoms with Gasteiger partial charge in [-0.2, -0.15) is 0 Å². The molecule has 2 nitrogen and oxygen atoms in total. The van der Waals surface area contributed by atoms with Crippen LogP contribution in [-0.2, 0) is 0 Å². The van der Waals surface area contributed by atoms with Gasteiger partial charge in [-0.3, -0.25) is 0 Å². The lowest BCUT2D eigenvalue weighted by atomic mass is 9.99. The number of rotatable bonds is 2. The van der Waals surface area contributed by atoms with E-state index >= 15 is 0 Å². The molecular weight excluding hydrogens is 140 g/mol. The lowest BCUT2D eigenvalue weighted by molar-refractivity contribution is 0.0657. The van der Waals surface area contributed by atoms with Gasteiger partial charge < -0.3 is 10.2 Å². The quantitative estimate of drug-likeness (QED) is 0.624. The van der Waals surface area contributed by atoms with Crippen LogP contribution in [0.1, 0.15) is 32.1 Å². The highest BCUT2D eigenvalue weighted by Gasteiger charge is 2.57. The molecule has 0 saturated heterocycles. The number of hydrogen-bond acceptors (Lipinski definition) is 2. The standard InChI is InChI=1S/C9H16O2/c10-6-8(11)7-5-9(7)3-1-2-4-9/h7-8,10-11H,1-6H2. The van der Waals surface area contributed by atoms with Gasteiger partial charge in [0.1, 0.15) is 0 Å². The summed E-state index contributed by atoms with van der Waals surface area (Å²) in [6, 6.07) is 0. The Morgan fingerprint density at radius 2 is 2.00 bits per heavy atom. The molecule has 2 atom stereocenters. The average Bonchev–Trinajstić information content (AvgIpc) is 2.48. The molecule has 0 amide bonds. The molecular formula is C9H16O2. The fourth-order valence-corrected chi connectivity index (χ4v) is 2.70. The number of aliphatic hydroxyl groups excluding tert-OH is 2. The van der Waals surface area contributed by atoms with Crippen molar-refractivity contribution < 1.29 is 10.2 Å². The maximum Gasteiger partial charge on any atom is 0.0804 e. The van der Waals surface area contributed by atoms with E-state index in [0.29, 0.717) is 11.3 Å². The topological polar surface area (TPSA) is 40.5 Å². The van der Waals surface area contributed by atoms with E-state index in [0.717, 1.165) is 6.42 Å². The molecule has 0 aromatic heterocycles. The summed E-state index contributed by atoms with van der Waals surface area (Å²) in [6.07, 6.45) is 5.95. The molecule has 0 radical (unpaired) electrons. The molecule has 0 aromatic rings. The fourth-order valence-electron chi connectivity index (χ4n) is 2.70. The van der Waals surface area contributed by atoms with Gasteiger partial charge in [0, 0.05) is 0 Å². The summed E-state index contributed by atoms with van der Waals surface area (Å²) < 4.78 is 0. The Kier molecular flexibility index (Phi) is 1.69. The summed E-state index contributed by atoms with van der Waals surface area (Å²) in [6.45, 7) is -0.0492. The van der Waals surface area contributed by atoms with Crippen molar-refractivity contribution in [2.45, 2.75) is 38.2 Å². The molecule has 0 bridgehead atoms. The SMILES string of the molecule is OCC(O)C1CC12CCCC2. The van der Waals surface area contributed by atoms with Crippen LogP contribution in [0.2, 0.25) is 0 Å². The molecule has 2 rings (SSSR count). The predicted molar refractivity (Wildman–Crippen MR) is 42.1 cm³/mol. The third kappa shape index (κ3) is 1.09. The van der Waals surface area contributed by atoms with E-state index in [2.05, 4.69) is 0 Å². The van der Waals surface area contributed by atoms with Crippen molar-refractivity contribution in [2.24, 2.45) is 11.3 Å². The van der Waals surface area contributed by atoms with E-state index in [-0.39, 0.29) is 6.61 Å². The predicted octanol–water partition coefficient (Wildman–Crippen LogP) is 0.920. The van der Waals surface area contributed by atoms with Crippen LogP contribution in [0.3, 0.4) is 0 Å². The van der Waals surface area contributed by atoms with Crippen LogP contribution >= 0.6 is 0 Å². The Morgan fingerprint density at radius 1 is 1.36 bits per heavy atom. The summed E-state index contributed by atoms with van der Waals surface area (Å²) in [4.78, 5) is 0. The van der Waals surface area contributed by atoms with Gasteiger partial charge in [0.2, 0.25) is 0 Å². The van der Waals surface area contributed by atoms with Gasteiger partial charge in [-0.25, -0.2) is 0 Å². The first-order chi connectivity index (χ1) is 5.28. The van der Waals surface area contributed by atoms with E-state index in [9.17, 15) is 5.11 Å². The zero-order valence-corrected chi connectivity index (χ0v) is 6.79. The molecule has 2 unspecified atom stereocenters. The molecule has 2 saturated carbocycles. The van der Waals surface area contributed by atoms with Gasteiger partial charge in [0.05, 0.1) is 12.7 Å². The van der Waals surface area contributed by atoms with Gasteiger partial charge in [0.25, 0.3) is 0 Å². The molecule has 1 spiro atoms. The Morgan fingerprint density at radius 3 is 2.55 bits per heavy atom. The molecule has 64 valence electrons. The first-order valence-corrected chi connectivity index (χ1v) is 4.57. The highest BCUT2D eigenvalue weighted by atomic mass is 16.3. The Balaban J connectivity index is 1.92. The highest BCUT2D eigenvalue weighted by Crippen LogP contribution is 2.63. The first-order valence-electron chi connectivity index (χ1n) is 4.57. The van der Waals surface area contributed by atoms with Crippen LogP contribution in [0.4, 0.5) is 0 Å². The average molecular weight is 156 g/mol. The molecule has 2 fully saturated rings. The molecule has 2 N–H and O–H groups in total. The summed E-state index contributed by atoms with van der Waals surface area (Å²) >= 11 is 0. The molecule has 0 aromatic carbocycles. The summed E-state index contributed by atoms with van der Waals surface area (Å²) in [7, 11) is 0. The van der Waals surface area contributed by atoms with E-state index in [1.807, 2.05) is 0 Å². The van der Waals surface area contributed by atoms with Crippen molar-refractivity contribution in [1.82, 2.24) is 0 Å². The molecule has 2 aliphatic rings. The van der Waals surface area contributed by atoms with Gasteiger partial charge in [-0.1, -0.05) is 12.8 Å². The maximum absolute atomic E-state index is 9.37. The highest BCUT2D eigenvalue weighted by molar-refractivity contribution is 5.07. The van der Waals surface area contributed by atoms with Gasteiger partial charge in [-0.15, -0.1) is 0 Å². The van der Waals surface area contributed by atoms with Gasteiger partial charge >= 0.3 is 0 Å². The molecule has 2 heteroatoms. The van der Waals surface area contributed by atoms with Crippen LogP contribution in [-0.4, -0.2) is 22.9 Å². The third-order valence-electron chi connectivity index (χ3n) is 3.50. The summed E-state index contributed by atoms with van der Waals surface area (Å²) in [5, 5.41) is 18.1. The minimum atomic E-state index is -0.437. The minimum Gasteiger partial charge on any atom is -0.394 e. The van der Waals surface area contributed by atoms with Crippen LogP contribution < -0.4 is 0 Å². The molecule has 0 aliphatic heterocycles. The largest absolute Gasteiger partial charge is 0.394 e. The second-order valence-corrected chi connectivity index (χ2v) is 4.13. The fraction of sp³-hybridized carbons (Fsp3) is 1.00. The normalized spacial score (nSPS) is 36.0. The smallest absolute Gasteiger partial charge is 0.0804 e. The zero-order chi connectivity index (χ0) is 7.90. The van der Waals surface area contributed by atoms with Crippen molar-refractivity contribution in [1.29, 1.82) is 0 Å². The van der Waals surface area contributed by atoms with Crippen molar-refractivity contribution in [3.63, 3.8) is 0 Å². The monoisotopic (exact) mass is 156 g/mol. The zero-order valence-electron chi connectivity index (χ0n) is 6.79. The lowest BCUT2D eigenvalue weighted by Gasteiger charge is -2.11. The van der Waals surface area contributed by atoms with Crippen molar-refractivity contribution in [3.05, 3.63) is 0 Å². The Labute approximate surface area is 67.2 Å². The third-order valence-corrected chi connectivity index (χ3v) is 3.50. The van der Waals surface area contributed by atoms with E-state index in [4.69, 9.17) is 5.11 Å². The summed E-state index contributed by atoms with van der Waals surface area (Å²) in [5.74, 6) is 0.426. The summed E-state index contributed by atoms with van der Waals surface area (Å²) in [5.41, 5.74) is 0.474. The van der Waals surface area contributed by atoms with Crippen molar-refractivity contribution in [3.8, 4) is 0 Å². The lowest BCUT2D eigenvalue weighted by Crippen LogP contribution is -2.18. The molecule has 0 heterocycles. The second kappa shape index (κ2) is 2.46.